The van der Waals surface area contributed by atoms with Crippen LogP contribution in [0.4, 0.5) is 0 Å². The average Bonchev–Trinajstić information content (AvgIpc) is 2.92. The minimum Gasteiger partial charge on any atom is -0.497 e. The first-order chi connectivity index (χ1) is 17.1. The van der Waals surface area contributed by atoms with Crippen LogP contribution in [0.25, 0.3) is 10.9 Å². The van der Waals surface area contributed by atoms with Crippen molar-refractivity contribution in [3.05, 3.63) is 71.9 Å². The number of pyridine rings is 1. The van der Waals surface area contributed by atoms with Gasteiger partial charge >= 0.3 is 5.97 Å². The summed E-state index contributed by atoms with van der Waals surface area (Å²) in [7, 11) is 1.65. The molecule has 0 aliphatic carbocycles. The van der Waals surface area contributed by atoms with Crippen molar-refractivity contribution in [2.45, 2.75) is 44.2 Å². The number of benzene rings is 2. The summed E-state index contributed by atoms with van der Waals surface area (Å²) in [5, 5.41) is 11.0. The average molecular weight is 475 g/mol. The van der Waals surface area contributed by atoms with Crippen LogP contribution in [-0.2, 0) is 9.53 Å². The van der Waals surface area contributed by atoms with E-state index in [-0.39, 0.29) is 12.6 Å². The zero-order chi connectivity index (χ0) is 24.4. The molecule has 3 saturated heterocycles. The number of hydrogen-bond acceptors (Lipinski definition) is 6. The van der Waals surface area contributed by atoms with Crippen molar-refractivity contribution in [2.75, 3.05) is 26.8 Å². The van der Waals surface area contributed by atoms with Crippen LogP contribution >= 0.6 is 0 Å². The van der Waals surface area contributed by atoms with Crippen LogP contribution in [0.1, 0.15) is 49.3 Å². The van der Waals surface area contributed by atoms with Crippen LogP contribution in [0.5, 0.6) is 5.75 Å². The fourth-order valence-corrected chi connectivity index (χ4v) is 6.04. The third kappa shape index (κ3) is 4.65. The van der Waals surface area contributed by atoms with Crippen LogP contribution in [0, 0.1) is 11.8 Å². The smallest absolute Gasteiger partial charge is 0.316 e. The van der Waals surface area contributed by atoms with Crippen LogP contribution in [0.2, 0.25) is 0 Å². The molecule has 4 heterocycles. The minimum absolute atomic E-state index is 0.0902. The molecule has 3 aromatic rings. The lowest BCUT2D eigenvalue weighted by Gasteiger charge is -2.51. The quantitative estimate of drug-likeness (QED) is 0.476. The summed E-state index contributed by atoms with van der Waals surface area (Å²) in [6.07, 6.45) is 4.70. The Morgan fingerprint density at radius 2 is 2.03 bits per heavy atom. The van der Waals surface area contributed by atoms with Gasteiger partial charge in [-0.3, -0.25) is 14.7 Å². The molecule has 3 fully saturated rings. The van der Waals surface area contributed by atoms with Crippen LogP contribution in [0.3, 0.4) is 0 Å². The van der Waals surface area contributed by atoms with E-state index in [0.717, 1.165) is 47.3 Å². The Hall–Kier alpha value is -2.96. The number of nitrogens with zero attached hydrogens (tertiary/aromatic N) is 2. The highest BCUT2D eigenvalue weighted by Gasteiger charge is 2.45. The molecular weight excluding hydrogens is 440 g/mol. The first kappa shape index (κ1) is 23.8. The van der Waals surface area contributed by atoms with Gasteiger partial charge in [0.1, 0.15) is 17.8 Å². The number of carbonyl (C=O) groups excluding carboxylic acids is 1. The Labute approximate surface area is 206 Å². The maximum atomic E-state index is 13.5. The fraction of sp³-hybridized carbons (Fsp3) is 0.448. The molecule has 2 unspecified atom stereocenters. The van der Waals surface area contributed by atoms with E-state index in [1.807, 2.05) is 54.6 Å². The fourth-order valence-electron chi connectivity index (χ4n) is 6.04. The Morgan fingerprint density at radius 3 is 2.71 bits per heavy atom. The van der Waals surface area contributed by atoms with Crippen molar-refractivity contribution in [3.8, 4) is 5.75 Å². The minimum atomic E-state index is -0.722. The Bertz CT molecular complexity index is 1170. The highest BCUT2D eigenvalue weighted by molar-refractivity contribution is 5.85. The van der Waals surface area contributed by atoms with Gasteiger partial charge < -0.3 is 14.6 Å². The number of piperidine rings is 3. The van der Waals surface area contributed by atoms with Gasteiger partial charge in [0.05, 0.1) is 25.3 Å². The number of aromatic nitrogens is 1. The number of methoxy groups -OCH3 is 1. The lowest BCUT2D eigenvalue weighted by molar-refractivity contribution is -0.160. The van der Waals surface area contributed by atoms with E-state index in [0.29, 0.717) is 11.8 Å². The number of rotatable bonds is 8. The molecule has 2 bridgehead atoms. The molecule has 2 aromatic carbocycles. The predicted molar refractivity (Wildman–Crippen MR) is 135 cm³/mol. The van der Waals surface area contributed by atoms with Crippen LogP contribution < -0.4 is 4.74 Å². The largest absolute Gasteiger partial charge is 0.497 e. The summed E-state index contributed by atoms with van der Waals surface area (Å²) >= 11 is 0. The molecule has 1 N–H and O–H groups in total. The van der Waals surface area contributed by atoms with Crippen LogP contribution in [-0.4, -0.2) is 53.8 Å². The monoisotopic (exact) mass is 474 g/mol. The molecule has 0 amide bonds. The predicted octanol–water partition coefficient (Wildman–Crippen LogP) is 4.72. The van der Waals surface area contributed by atoms with Gasteiger partial charge in [0.25, 0.3) is 0 Å². The third-order valence-electron chi connectivity index (χ3n) is 8.01. The van der Waals surface area contributed by atoms with Crippen molar-refractivity contribution in [1.82, 2.24) is 9.88 Å². The lowest BCUT2D eigenvalue weighted by Crippen LogP contribution is -2.55. The number of aliphatic hydroxyl groups is 1. The van der Waals surface area contributed by atoms with Gasteiger partial charge in [0, 0.05) is 23.7 Å². The number of ether oxygens (including phenoxy) is 2. The van der Waals surface area contributed by atoms with Crippen LogP contribution in [0.15, 0.2) is 60.8 Å². The summed E-state index contributed by atoms with van der Waals surface area (Å²) in [5.41, 5.74) is 2.54. The van der Waals surface area contributed by atoms with Gasteiger partial charge in [0.2, 0.25) is 0 Å². The molecule has 6 rings (SSSR count). The van der Waals surface area contributed by atoms with E-state index in [1.165, 1.54) is 12.8 Å². The topological polar surface area (TPSA) is 71.9 Å². The summed E-state index contributed by atoms with van der Waals surface area (Å²) in [6.45, 7) is 4.03. The maximum Gasteiger partial charge on any atom is 0.316 e. The SMILES string of the molecule is CC[C@H]1CN2CC[C@H]1C[C@H]2[C@H](OC(=O)C(CO)c1ccccc1)c1ccnc2ccc(OC)cc12. The zero-order valence-electron chi connectivity index (χ0n) is 20.5. The first-order valence-corrected chi connectivity index (χ1v) is 12.7. The van der Waals surface area contributed by atoms with E-state index in [2.05, 4.69) is 16.8 Å². The normalized spacial score (nSPS) is 25.2. The number of fused-ring (bicyclic) bond motifs is 4. The Morgan fingerprint density at radius 1 is 1.20 bits per heavy atom. The molecule has 6 atom stereocenters. The zero-order valence-corrected chi connectivity index (χ0v) is 20.5. The second kappa shape index (κ2) is 10.3. The molecule has 3 aliphatic rings. The first-order valence-electron chi connectivity index (χ1n) is 12.7. The lowest BCUT2D eigenvalue weighted by atomic mass is 9.72. The Balaban J connectivity index is 1.54. The molecular formula is C29H34N2O4. The highest BCUT2D eigenvalue weighted by Crippen LogP contribution is 2.44. The maximum absolute atomic E-state index is 13.5. The number of aliphatic hydroxyl groups excluding tert-OH is 1. The molecule has 6 heteroatoms. The number of hydrogen-bond donors (Lipinski definition) is 1. The van der Waals surface area contributed by atoms with Crippen molar-refractivity contribution in [2.24, 2.45) is 11.8 Å². The van der Waals surface area contributed by atoms with Crippen molar-refractivity contribution in [1.29, 1.82) is 0 Å². The highest BCUT2D eigenvalue weighted by atomic mass is 16.5. The number of esters is 1. The molecule has 0 spiro atoms. The standard InChI is InChI=1S/C29H34N2O4/c1-3-19-17-31-14-12-21(19)15-27(31)28(35-29(33)25(18-32)20-7-5-4-6-8-20)23-11-13-30-26-10-9-22(34-2)16-24(23)26/h4-11,13,16,19,21,25,27-28,32H,3,12,14-15,17-18H2,1-2H3/t19-,21-,25?,27-,28+/m0/s1. The van der Waals surface area contributed by atoms with Gasteiger partial charge in [-0.05, 0) is 61.1 Å². The van der Waals surface area contributed by atoms with E-state index < -0.39 is 18.0 Å². The number of carbonyl (C=O) groups is 1. The van der Waals surface area contributed by atoms with Gasteiger partial charge in [-0.1, -0.05) is 43.7 Å². The summed E-state index contributed by atoms with van der Waals surface area (Å²) in [4.78, 5) is 20.6. The summed E-state index contributed by atoms with van der Waals surface area (Å²) in [5.74, 6) is 0.958. The summed E-state index contributed by atoms with van der Waals surface area (Å²) in [6, 6.07) is 17.3. The van der Waals surface area contributed by atoms with Gasteiger partial charge in [0.15, 0.2) is 0 Å². The second-order valence-corrected chi connectivity index (χ2v) is 9.80. The molecule has 35 heavy (non-hydrogen) atoms. The van der Waals surface area contributed by atoms with Crippen molar-refractivity contribution >= 4 is 16.9 Å². The van der Waals surface area contributed by atoms with Gasteiger partial charge in [-0.2, -0.15) is 0 Å². The molecule has 0 saturated carbocycles. The van der Waals surface area contributed by atoms with Crippen molar-refractivity contribution in [3.63, 3.8) is 0 Å². The van der Waals surface area contributed by atoms with Gasteiger partial charge in [-0.25, -0.2) is 0 Å². The van der Waals surface area contributed by atoms with E-state index in [4.69, 9.17) is 9.47 Å². The van der Waals surface area contributed by atoms with Crippen molar-refractivity contribution < 1.29 is 19.4 Å². The third-order valence-corrected chi connectivity index (χ3v) is 8.01. The molecule has 1 aromatic heterocycles. The molecule has 3 aliphatic heterocycles. The van der Waals surface area contributed by atoms with Gasteiger partial charge in [-0.15, -0.1) is 0 Å². The summed E-state index contributed by atoms with van der Waals surface area (Å²) < 4.78 is 11.9. The van der Waals surface area contributed by atoms with E-state index in [1.54, 1.807) is 13.3 Å². The molecule has 0 radical (unpaired) electrons. The molecule has 184 valence electrons. The Kier molecular flexibility index (Phi) is 7.02. The van der Waals surface area contributed by atoms with E-state index in [9.17, 15) is 9.90 Å². The van der Waals surface area contributed by atoms with E-state index >= 15 is 0 Å². The second-order valence-electron chi connectivity index (χ2n) is 9.80. The molecule has 6 nitrogen and oxygen atoms in total.